The van der Waals surface area contributed by atoms with E-state index >= 15 is 0 Å². The number of nitrogens with zero attached hydrogens (tertiary/aromatic N) is 3. The Kier molecular flexibility index (Phi) is 3.65. The van der Waals surface area contributed by atoms with Crippen LogP contribution in [0.4, 0.5) is 0 Å². The third-order valence-electron chi connectivity index (χ3n) is 3.89. The number of hydrogen-bond donors (Lipinski definition) is 0. The van der Waals surface area contributed by atoms with E-state index in [0.717, 1.165) is 29.4 Å². The van der Waals surface area contributed by atoms with Gasteiger partial charge in [-0.3, -0.25) is 4.90 Å². The summed E-state index contributed by atoms with van der Waals surface area (Å²) in [4.78, 5) is 11.5. The number of hydrogen-bond acceptors (Lipinski definition) is 4. The maximum Gasteiger partial charge on any atom is 0.159 e. The molecule has 0 amide bonds. The molecule has 1 aliphatic rings. The lowest BCUT2D eigenvalue weighted by atomic mass is 10.1. The van der Waals surface area contributed by atoms with Crippen molar-refractivity contribution in [3.8, 4) is 17.1 Å². The van der Waals surface area contributed by atoms with Crippen LogP contribution >= 0.6 is 0 Å². The zero-order chi connectivity index (χ0) is 13.9. The van der Waals surface area contributed by atoms with Gasteiger partial charge < -0.3 is 4.74 Å². The summed E-state index contributed by atoms with van der Waals surface area (Å²) >= 11 is 0. The summed E-state index contributed by atoms with van der Waals surface area (Å²) in [6, 6.07) is 10.3. The van der Waals surface area contributed by atoms with E-state index in [-0.39, 0.29) is 0 Å². The van der Waals surface area contributed by atoms with E-state index in [1.807, 2.05) is 36.5 Å². The second-order valence-corrected chi connectivity index (χ2v) is 5.17. The normalized spacial score (nSPS) is 19.2. The van der Waals surface area contributed by atoms with Crippen LogP contribution in [0.1, 0.15) is 24.6 Å². The topological polar surface area (TPSA) is 38.2 Å². The van der Waals surface area contributed by atoms with E-state index < -0.39 is 0 Å². The Morgan fingerprint density at radius 1 is 1.20 bits per heavy atom. The Hall–Kier alpha value is -1.94. The third kappa shape index (κ3) is 2.51. The molecule has 2 heterocycles. The van der Waals surface area contributed by atoms with Crippen molar-refractivity contribution in [3.05, 3.63) is 42.2 Å². The Bertz CT molecular complexity index is 583. The van der Waals surface area contributed by atoms with Crippen molar-refractivity contribution in [1.82, 2.24) is 14.9 Å². The van der Waals surface area contributed by atoms with Crippen molar-refractivity contribution >= 4 is 0 Å². The van der Waals surface area contributed by atoms with E-state index in [4.69, 9.17) is 9.72 Å². The van der Waals surface area contributed by atoms with Gasteiger partial charge in [0.2, 0.25) is 0 Å². The first kappa shape index (κ1) is 13.1. The summed E-state index contributed by atoms with van der Waals surface area (Å²) < 4.78 is 5.18. The van der Waals surface area contributed by atoms with E-state index in [9.17, 15) is 0 Å². The molecule has 0 radical (unpaired) electrons. The molecular formula is C16H19N3O. The molecule has 0 bridgehead atoms. The summed E-state index contributed by atoms with van der Waals surface area (Å²) in [5.41, 5.74) is 2.14. The molecule has 0 N–H and O–H groups in total. The highest BCUT2D eigenvalue weighted by atomic mass is 16.5. The van der Waals surface area contributed by atoms with Crippen LogP contribution < -0.4 is 4.74 Å². The zero-order valence-electron chi connectivity index (χ0n) is 11.9. The molecule has 0 spiro atoms. The van der Waals surface area contributed by atoms with Crippen molar-refractivity contribution in [2.45, 2.75) is 18.9 Å². The van der Waals surface area contributed by atoms with Gasteiger partial charge in [0.05, 0.1) is 18.8 Å². The van der Waals surface area contributed by atoms with Crippen LogP contribution in [0.15, 0.2) is 36.5 Å². The van der Waals surface area contributed by atoms with Gasteiger partial charge in [-0.15, -0.1) is 0 Å². The molecule has 1 fully saturated rings. The lowest BCUT2D eigenvalue weighted by Gasteiger charge is -2.18. The second-order valence-electron chi connectivity index (χ2n) is 5.17. The van der Waals surface area contributed by atoms with Gasteiger partial charge in [0, 0.05) is 11.8 Å². The van der Waals surface area contributed by atoms with Crippen molar-refractivity contribution in [3.63, 3.8) is 0 Å². The quantitative estimate of drug-likeness (QED) is 0.858. The van der Waals surface area contributed by atoms with E-state index in [2.05, 4.69) is 16.9 Å². The molecule has 1 aromatic heterocycles. The minimum atomic E-state index is 0.426. The predicted octanol–water partition coefficient (Wildman–Crippen LogP) is 2.92. The van der Waals surface area contributed by atoms with Crippen LogP contribution in [-0.2, 0) is 0 Å². The van der Waals surface area contributed by atoms with Crippen LogP contribution in [0, 0.1) is 0 Å². The molecule has 0 saturated carbocycles. The number of aromatic nitrogens is 2. The van der Waals surface area contributed by atoms with Gasteiger partial charge >= 0.3 is 0 Å². The standard InChI is InChI=1S/C16H19N3O/c1-19-11-3-4-15(19)14-9-10-17-16(18-14)12-5-7-13(20-2)8-6-12/h5-10,15H,3-4,11H2,1-2H3/t15-/m0/s1. The number of methoxy groups -OCH3 is 1. The van der Waals surface area contributed by atoms with Crippen molar-refractivity contribution in [2.75, 3.05) is 20.7 Å². The smallest absolute Gasteiger partial charge is 0.159 e. The van der Waals surface area contributed by atoms with Crippen LogP contribution in [-0.4, -0.2) is 35.6 Å². The summed E-state index contributed by atoms with van der Waals surface area (Å²) in [7, 11) is 3.83. The van der Waals surface area contributed by atoms with Crippen molar-refractivity contribution in [2.24, 2.45) is 0 Å². The van der Waals surface area contributed by atoms with Crippen molar-refractivity contribution in [1.29, 1.82) is 0 Å². The number of likely N-dealkylation sites (tertiary alicyclic amines) is 1. The van der Waals surface area contributed by atoms with Gasteiger partial charge in [0.25, 0.3) is 0 Å². The SMILES string of the molecule is COc1ccc(-c2nccc([C@@H]3CCCN3C)n2)cc1. The fourth-order valence-corrected chi connectivity index (χ4v) is 2.72. The van der Waals surface area contributed by atoms with Gasteiger partial charge in [-0.25, -0.2) is 9.97 Å². The van der Waals surface area contributed by atoms with Crippen molar-refractivity contribution < 1.29 is 4.74 Å². The Labute approximate surface area is 119 Å². The number of ether oxygens (including phenoxy) is 1. The fraction of sp³-hybridized carbons (Fsp3) is 0.375. The number of benzene rings is 1. The van der Waals surface area contributed by atoms with Gasteiger partial charge in [0.1, 0.15) is 5.75 Å². The summed E-state index contributed by atoms with van der Waals surface area (Å²) in [5.74, 6) is 1.63. The lowest BCUT2D eigenvalue weighted by Crippen LogP contribution is -2.18. The average molecular weight is 269 g/mol. The molecular weight excluding hydrogens is 250 g/mol. The minimum absolute atomic E-state index is 0.426. The molecule has 2 aromatic rings. The molecule has 1 aromatic carbocycles. The lowest BCUT2D eigenvalue weighted by molar-refractivity contribution is 0.312. The predicted molar refractivity (Wildman–Crippen MR) is 78.6 cm³/mol. The van der Waals surface area contributed by atoms with Crippen LogP contribution in [0.5, 0.6) is 5.75 Å². The molecule has 1 aliphatic heterocycles. The maximum atomic E-state index is 5.18. The molecule has 4 heteroatoms. The summed E-state index contributed by atoms with van der Waals surface area (Å²) in [5, 5.41) is 0. The van der Waals surface area contributed by atoms with Gasteiger partial charge in [-0.2, -0.15) is 0 Å². The fourth-order valence-electron chi connectivity index (χ4n) is 2.72. The molecule has 3 rings (SSSR count). The van der Waals surface area contributed by atoms with Crippen LogP contribution in [0.25, 0.3) is 11.4 Å². The highest BCUT2D eigenvalue weighted by molar-refractivity contribution is 5.56. The summed E-state index contributed by atoms with van der Waals surface area (Å²) in [6.07, 6.45) is 4.27. The van der Waals surface area contributed by atoms with E-state index in [1.165, 1.54) is 12.8 Å². The third-order valence-corrected chi connectivity index (χ3v) is 3.89. The maximum absolute atomic E-state index is 5.18. The first-order valence-electron chi connectivity index (χ1n) is 6.95. The minimum Gasteiger partial charge on any atom is -0.497 e. The summed E-state index contributed by atoms with van der Waals surface area (Å²) in [6.45, 7) is 1.15. The molecule has 0 aliphatic carbocycles. The average Bonchev–Trinajstić information content (AvgIpc) is 2.94. The van der Waals surface area contributed by atoms with Gasteiger partial charge in [-0.1, -0.05) is 0 Å². The molecule has 1 atom stereocenters. The molecule has 1 saturated heterocycles. The van der Waals surface area contributed by atoms with Crippen LogP contribution in [0.2, 0.25) is 0 Å². The first-order valence-corrected chi connectivity index (χ1v) is 6.95. The molecule has 20 heavy (non-hydrogen) atoms. The zero-order valence-corrected chi connectivity index (χ0v) is 11.9. The first-order chi connectivity index (χ1) is 9.78. The Balaban J connectivity index is 1.90. The Morgan fingerprint density at radius 2 is 2.00 bits per heavy atom. The number of rotatable bonds is 3. The second kappa shape index (κ2) is 5.59. The van der Waals surface area contributed by atoms with E-state index in [1.54, 1.807) is 7.11 Å². The Morgan fingerprint density at radius 3 is 2.65 bits per heavy atom. The molecule has 104 valence electrons. The van der Waals surface area contributed by atoms with Crippen LogP contribution in [0.3, 0.4) is 0 Å². The monoisotopic (exact) mass is 269 g/mol. The van der Waals surface area contributed by atoms with E-state index in [0.29, 0.717) is 6.04 Å². The molecule has 4 nitrogen and oxygen atoms in total. The largest absolute Gasteiger partial charge is 0.497 e. The van der Waals surface area contributed by atoms with Gasteiger partial charge in [0.15, 0.2) is 5.82 Å². The highest BCUT2D eigenvalue weighted by Gasteiger charge is 2.24. The molecule has 0 unspecified atom stereocenters. The highest BCUT2D eigenvalue weighted by Crippen LogP contribution is 2.29. The van der Waals surface area contributed by atoms with Gasteiger partial charge in [-0.05, 0) is 56.8 Å².